The van der Waals surface area contributed by atoms with Gasteiger partial charge in [0, 0.05) is 23.9 Å². The van der Waals surface area contributed by atoms with Crippen molar-refractivity contribution in [2.24, 2.45) is 0 Å². The van der Waals surface area contributed by atoms with Gasteiger partial charge in [-0.05, 0) is 42.7 Å². The van der Waals surface area contributed by atoms with Gasteiger partial charge in [0.05, 0.1) is 32.0 Å². The summed E-state index contributed by atoms with van der Waals surface area (Å²) in [5, 5.41) is 14.1. The third kappa shape index (κ3) is 5.83. The van der Waals surface area contributed by atoms with Crippen LogP contribution in [0.3, 0.4) is 0 Å². The summed E-state index contributed by atoms with van der Waals surface area (Å²) in [6, 6.07) is 18.1. The molecule has 0 radical (unpaired) electrons. The molecule has 0 saturated carbocycles. The summed E-state index contributed by atoms with van der Waals surface area (Å²) in [5.41, 5.74) is 1.79. The Hall–Kier alpha value is -4.66. The van der Waals surface area contributed by atoms with E-state index in [1.54, 1.807) is 44.4 Å². The van der Waals surface area contributed by atoms with Crippen molar-refractivity contribution in [3.05, 3.63) is 88.5 Å². The number of methoxy groups -OCH3 is 1. The van der Waals surface area contributed by atoms with Gasteiger partial charge in [-0.3, -0.25) is 14.4 Å². The zero-order valence-corrected chi connectivity index (χ0v) is 21.3. The number of rotatable bonds is 10. The molecule has 2 aromatic heterocycles. The lowest BCUT2D eigenvalue weighted by Crippen LogP contribution is -2.27. The van der Waals surface area contributed by atoms with Crippen molar-refractivity contribution in [2.75, 3.05) is 20.3 Å². The number of hydrogen-bond acceptors (Lipinski definition) is 7. The number of nitrogens with zero attached hydrogens (tertiary/aromatic N) is 2. The van der Waals surface area contributed by atoms with Gasteiger partial charge in [-0.2, -0.15) is 0 Å². The normalized spacial score (nSPS) is 10.8. The van der Waals surface area contributed by atoms with Gasteiger partial charge in [0.25, 0.3) is 11.5 Å². The maximum Gasteiger partial charge on any atom is 0.305 e. The van der Waals surface area contributed by atoms with Crippen LogP contribution in [0.4, 0.5) is 0 Å². The lowest BCUT2D eigenvalue weighted by molar-refractivity contribution is -0.143. The quantitative estimate of drug-likeness (QED) is 0.243. The average Bonchev–Trinajstić information content (AvgIpc) is 2.93. The minimum absolute atomic E-state index is 0.168. The highest BCUT2D eigenvalue weighted by Gasteiger charge is 2.20. The number of aromatic hydroxyl groups is 1. The smallest absolute Gasteiger partial charge is 0.305 e. The number of hydrogen-bond donors (Lipinski definition) is 2. The molecule has 4 rings (SSSR count). The third-order valence-corrected chi connectivity index (χ3v) is 6.05. The maximum absolute atomic E-state index is 13.7. The number of amides is 1. The monoisotopic (exact) mass is 515 g/mol. The maximum atomic E-state index is 13.7. The van der Waals surface area contributed by atoms with Crippen LogP contribution in [0.1, 0.15) is 35.8 Å². The molecule has 0 bridgehead atoms. The van der Waals surface area contributed by atoms with Crippen molar-refractivity contribution >= 4 is 22.8 Å². The molecule has 2 aromatic carbocycles. The van der Waals surface area contributed by atoms with E-state index in [1.807, 2.05) is 30.3 Å². The van der Waals surface area contributed by atoms with Crippen LogP contribution in [0, 0.1) is 0 Å². The number of fused-ring (bicyclic) bond motifs is 1. The van der Waals surface area contributed by atoms with Gasteiger partial charge in [-0.25, -0.2) is 4.98 Å². The van der Waals surface area contributed by atoms with Crippen molar-refractivity contribution in [1.82, 2.24) is 14.9 Å². The minimum atomic E-state index is -0.586. The molecule has 4 aromatic rings. The zero-order valence-electron chi connectivity index (χ0n) is 21.3. The molecule has 2 N–H and O–H groups in total. The molecule has 0 aliphatic rings. The molecule has 0 aliphatic carbocycles. The van der Waals surface area contributed by atoms with Gasteiger partial charge in [-0.1, -0.05) is 42.5 Å². The Bertz CT molecular complexity index is 1510. The number of aromatic nitrogens is 2. The van der Waals surface area contributed by atoms with Crippen LogP contribution in [0.15, 0.2) is 71.7 Å². The molecular formula is C29H29N3O6. The Morgan fingerprint density at radius 3 is 2.61 bits per heavy atom. The van der Waals surface area contributed by atoms with E-state index >= 15 is 0 Å². The lowest BCUT2D eigenvalue weighted by Gasteiger charge is -2.16. The molecule has 0 atom stereocenters. The third-order valence-electron chi connectivity index (χ3n) is 6.05. The molecule has 0 aliphatic heterocycles. The molecule has 196 valence electrons. The highest BCUT2D eigenvalue weighted by molar-refractivity contribution is 6.01. The molecule has 0 fully saturated rings. The molecule has 1 amide bonds. The zero-order chi connectivity index (χ0) is 27.1. The Kier molecular flexibility index (Phi) is 8.37. The Labute approximate surface area is 219 Å². The predicted molar refractivity (Wildman–Crippen MR) is 143 cm³/mol. The first kappa shape index (κ1) is 26.4. The van der Waals surface area contributed by atoms with Crippen molar-refractivity contribution in [2.45, 2.75) is 26.3 Å². The van der Waals surface area contributed by atoms with Crippen LogP contribution in [0.5, 0.6) is 11.5 Å². The second-order valence-electron chi connectivity index (χ2n) is 8.59. The Morgan fingerprint density at radius 1 is 1.08 bits per heavy atom. The fraction of sp³-hybridized carbons (Fsp3) is 0.241. The van der Waals surface area contributed by atoms with E-state index in [0.29, 0.717) is 40.8 Å². The lowest BCUT2D eigenvalue weighted by atomic mass is 10.0. The number of benzene rings is 2. The van der Waals surface area contributed by atoms with Gasteiger partial charge in [-0.15, -0.1) is 0 Å². The van der Waals surface area contributed by atoms with E-state index in [2.05, 4.69) is 10.3 Å². The highest BCUT2D eigenvalue weighted by atomic mass is 16.5. The van der Waals surface area contributed by atoms with E-state index in [4.69, 9.17) is 9.47 Å². The SMILES string of the molecule is CCOC(=O)CCCNC(=O)c1ncc2c(cc(-c3cccc(OC)c3)c(=O)n2Cc2ccccc2)c1O. The second kappa shape index (κ2) is 12.1. The number of carbonyl (C=O) groups excluding carboxylic acids is 2. The van der Waals surface area contributed by atoms with E-state index in [1.165, 1.54) is 10.8 Å². The number of ether oxygens (including phenoxy) is 2. The number of esters is 1. The first-order valence-corrected chi connectivity index (χ1v) is 12.3. The Morgan fingerprint density at radius 2 is 1.87 bits per heavy atom. The van der Waals surface area contributed by atoms with Crippen LogP contribution in [-0.4, -0.2) is 46.8 Å². The fourth-order valence-electron chi connectivity index (χ4n) is 4.16. The van der Waals surface area contributed by atoms with Crippen molar-refractivity contribution in [1.29, 1.82) is 0 Å². The van der Waals surface area contributed by atoms with E-state index in [-0.39, 0.29) is 42.5 Å². The van der Waals surface area contributed by atoms with Gasteiger partial charge in [0.15, 0.2) is 11.4 Å². The summed E-state index contributed by atoms with van der Waals surface area (Å²) in [6.45, 7) is 2.48. The summed E-state index contributed by atoms with van der Waals surface area (Å²) in [6.07, 6.45) is 1.97. The molecule has 0 saturated heterocycles. The minimum Gasteiger partial charge on any atom is -0.505 e. The summed E-state index contributed by atoms with van der Waals surface area (Å²) in [4.78, 5) is 42.2. The van der Waals surface area contributed by atoms with Gasteiger partial charge >= 0.3 is 5.97 Å². The van der Waals surface area contributed by atoms with Gasteiger partial charge in [0.1, 0.15) is 5.75 Å². The Balaban J connectivity index is 1.75. The second-order valence-corrected chi connectivity index (χ2v) is 8.59. The average molecular weight is 516 g/mol. The van der Waals surface area contributed by atoms with Crippen LogP contribution < -0.4 is 15.6 Å². The number of nitrogens with one attached hydrogen (secondary N) is 1. The molecule has 2 heterocycles. The van der Waals surface area contributed by atoms with Crippen LogP contribution >= 0.6 is 0 Å². The fourth-order valence-corrected chi connectivity index (χ4v) is 4.16. The summed E-state index contributed by atoms with van der Waals surface area (Å²) in [7, 11) is 1.54. The molecule has 9 heteroatoms. The first-order valence-electron chi connectivity index (χ1n) is 12.3. The predicted octanol–water partition coefficient (Wildman–Crippen LogP) is 3.90. The number of pyridine rings is 2. The van der Waals surface area contributed by atoms with E-state index in [9.17, 15) is 19.5 Å². The van der Waals surface area contributed by atoms with E-state index in [0.717, 1.165) is 5.56 Å². The molecule has 0 spiro atoms. The van der Waals surface area contributed by atoms with Crippen molar-refractivity contribution in [3.63, 3.8) is 0 Å². The summed E-state index contributed by atoms with van der Waals surface area (Å²) >= 11 is 0. The molecule has 9 nitrogen and oxygen atoms in total. The standard InChI is InChI=1S/C29H29N3O6/c1-3-38-25(33)13-8-14-30-28(35)26-27(34)23-16-22(20-11-7-12-21(15-20)37-2)29(36)32(24(23)17-31-26)18-19-9-5-4-6-10-19/h4-7,9-12,15-17,34H,3,8,13-14,18H2,1-2H3,(H,30,35). The summed E-state index contributed by atoms with van der Waals surface area (Å²) < 4.78 is 11.8. The highest BCUT2D eigenvalue weighted by Crippen LogP contribution is 2.31. The molecule has 0 unspecified atom stereocenters. The van der Waals surface area contributed by atoms with Crippen LogP contribution in [0.2, 0.25) is 0 Å². The van der Waals surface area contributed by atoms with Crippen LogP contribution in [0.25, 0.3) is 22.0 Å². The van der Waals surface area contributed by atoms with Crippen LogP contribution in [-0.2, 0) is 16.1 Å². The van der Waals surface area contributed by atoms with E-state index < -0.39 is 5.91 Å². The van der Waals surface area contributed by atoms with Crippen molar-refractivity contribution in [3.8, 4) is 22.6 Å². The first-order chi connectivity index (χ1) is 18.4. The van der Waals surface area contributed by atoms with Gasteiger partial charge in [0.2, 0.25) is 0 Å². The molecule has 38 heavy (non-hydrogen) atoms. The van der Waals surface area contributed by atoms with Gasteiger partial charge < -0.3 is 24.5 Å². The number of carbonyl (C=O) groups is 2. The molecular weight excluding hydrogens is 486 g/mol. The largest absolute Gasteiger partial charge is 0.505 e. The summed E-state index contributed by atoms with van der Waals surface area (Å²) in [5.74, 6) is -0.679. The van der Waals surface area contributed by atoms with Crippen molar-refractivity contribution < 1.29 is 24.2 Å². The topological polar surface area (TPSA) is 120 Å².